The van der Waals surface area contributed by atoms with Crippen LogP contribution in [0.4, 0.5) is 4.39 Å². The number of thioether (sulfide) groups is 1. The van der Waals surface area contributed by atoms with Crippen LogP contribution in [-0.4, -0.2) is 59.4 Å². The third-order valence-corrected chi connectivity index (χ3v) is 5.91. The summed E-state index contributed by atoms with van der Waals surface area (Å²) in [5.74, 6) is 2.46. The molecule has 3 rings (SSSR count). The minimum Gasteiger partial charge on any atom is -0.341 e. The molecule has 126 valence electrons. The summed E-state index contributed by atoms with van der Waals surface area (Å²) < 4.78 is 12.9. The highest BCUT2D eigenvalue weighted by atomic mass is 32.2. The Balaban J connectivity index is 1.52. The van der Waals surface area contributed by atoms with E-state index in [0.29, 0.717) is 12.5 Å². The number of carbonyl (C=O) groups is 1. The second-order valence-electron chi connectivity index (χ2n) is 6.42. The predicted octanol–water partition coefficient (Wildman–Crippen LogP) is 2.80. The normalized spacial score (nSPS) is 21.2. The van der Waals surface area contributed by atoms with E-state index in [4.69, 9.17) is 0 Å². The van der Waals surface area contributed by atoms with E-state index >= 15 is 0 Å². The zero-order valence-corrected chi connectivity index (χ0v) is 14.4. The van der Waals surface area contributed by atoms with Crippen molar-refractivity contribution in [3.05, 3.63) is 35.6 Å². The number of carbonyl (C=O) groups excluding carboxylic acids is 1. The highest BCUT2D eigenvalue weighted by molar-refractivity contribution is 7.99. The van der Waals surface area contributed by atoms with Gasteiger partial charge in [0.2, 0.25) is 5.91 Å². The largest absolute Gasteiger partial charge is 0.341 e. The smallest absolute Gasteiger partial charge is 0.227 e. The molecule has 1 aromatic rings. The molecule has 0 spiro atoms. The molecule has 0 N–H and O–H groups in total. The van der Waals surface area contributed by atoms with Crippen LogP contribution < -0.4 is 0 Å². The van der Waals surface area contributed by atoms with Crippen LogP contribution in [0.2, 0.25) is 0 Å². The molecule has 0 atom stereocenters. The summed E-state index contributed by atoms with van der Waals surface area (Å²) in [7, 11) is 0. The van der Waals surface area contributed by atoms with Gasteiger partial charge in [-0.2, -0.15) is 11.8 Å². The van der Waals surface area contributed by atoms with Crippen molar-refractivity contribution in [1.29, 1.82) is 0 Å². The van der Waals surface area contributed by atoms with Crippen molar-refractivity contribution in [2.45, 2.75) is 31.7 Å². The first kappa shape index (κ1) is 16.8. The lowest BCUT2D eigenvalue weighted by molar-refractivity contribution is -0.130. The van der Waals surface area contributed by atoms with E-state index in [1.165, 1.54) is 36.5 Å². The van der Waals surface area contributed by atoms with E-state index in [9.17, 15) is 9.18 Å². The number of amides is 1. The first-order chi connectivity index (χ1) is 11.2. The fraction of sp³-hybridized carbons (Fsp3) is 0.611. The van der Waals surface area contributed by atoms with Crippen LogP contribution in [0.3, 0.4) is 0 Å². The Morgan fingerprint density at radius 1 is 1.09 bits per heavy atom. The predicted molar refractivity (Wildman–Crippen MR) is 93.2 cm³/mol. The van der Waals surface area contributed by atoms with Gasteiger partial charge in [0, 0.05) is 32.2 Å². The van der Waals surface area contributed by atoms with Crippen molar-refractivity contribution >= 4 is 17.7 Å². The average molecular weight is 336 g/mol. The molecule has 2 aliphatic heterocycles. The zero-order valence-electron chi connectivity index (χ0n) is 13.5. The molecule has 1 amide bonds. The lowest BCUT2D eigenvalue weighted by atomic mass is 10.1. The van der Waals surface area contributed by atoms with Crippen LogP contribution in [0.15, 0.2) is 24.3 Å². The van der Waals surface area contributed by atoms with Crippen molar-refractivity contribution < 1.29 is 9.18 Å². The lowest BCUT2D eigenvalue weighted by Crippen LogP contribution is -2.41. The standard InChI is InChI=1S/C18H25FN2OS/c19-16-4-2-15(3-5-16)14-18(22)21-9-1-8-20(10-11-21)17-6-12-23-13-7-17/h2-5,17H,1,6-14H2. The quantitative estimate of drug-likeness (QED) is 0.848. The van der Waals surface area contributed by atoms with Crippen LogP contribution in [0, 0.1) is 5.82 Å². The molecule has 23 heavy (non-hydrogen) atoms. The summed E-state index contributed by atoms with van der Waals surface area (Å²) in [5.41, 5.74) is 0.891. The Morgan fingerprint density at radius 3 is 2.57 bits per heavy atom. The minimum absolute atomic E-state index is 0.164. The average Bonchev–Trinajstić information content (AvgIpc) is 2.84. The monoisotopic (exact) mass is 336 g/mol. The molecule has 0 unspecified atom stereocenters. The Morgan fingerprint density at radius 2 is 1.83 bits per heavy atom. The van der Waals surface area contributed by atoms with Gasteiger partial charge in [0.05, 0.1) is 6.42 Å². The highest BCUT2D eigenvalue weighted by Gasteiger charge is 2.25. The summed E-state index contributed by atoms with van der Waals surface area (Å²) in [4.78, 5) is 17.1. The third kappa shape index (κ3) is 4.70. The Hall–Kier alpha value is -1.07. The van der Waals surface area contributed by atoms with Crippen molar-refractivity contribution in [1.82, 2.24) is 9.80 Å². The van der Waals surface area contributed by atoms with Gasteiger partial charge in [-0.25, -0.2) is 4.39 Å². The Bertz CT molecular complexity index is 516. The maximum Gasteiger partial charge on any atom is 0.227 e. The van der Waals surface area contributed by atoms with Crippen LogP contribution >= 0.6 is 11.8 Å². The molecule has 2 saturated heterocycles. The Labute approximate surface area is 142 Å². The highest BCUT2D eigenvalue weighted by Crippen LogP contribution is 2.22. The molecule has 2 fully saturated rings. The summed E-state index contributed by atoms with van der Waals surface area (Å²) in [6, 6.07) is 6.97. The van der Waals surface area contributed by atoms with Crippen LogP contribution in [0.5, 0.6) is 0 Å². The SMILES string of the molecule is O=C(Cc1ccc(F)cc1)N1CCCN(C2CCSCC2)CC1. The van der Waals surface area contributed by atoms with E-state index in [0.717, 1.165) is 38.2 Å². The van der Waals surface area contributed by atoms with Gasteiger partial charge in [0.25, 0.3) is 0 Å². The Kier molecular flexibility index (Phi) is 5.95. The minimum atomic E-state index is -0.253. The van der Waals surface area contributed by atoms with Crippen LogP contribution in [0.25, 0.3) is 0 Å². The topological polar surface area (TPSA) is 23.6 Å². The number of hydrogen-bond donors (Lipinski definition) is 0. The van der Waals surface area contributed by atoms with Crippen molar-refractivity contribution in [3.63, 3.8) is 0 Å². The molecule has 2 aliphatic rings. The summed E-state index contributed by atoms with van der Waals surface area (Å²) in [5, 5.41) is 0. The fourth-order valence-corrected chi connectivity index (χ4v) is 4.57. The van der Waals surface area contributed by atoms with Gasteiger partial charge in [-0.3, -0.25) is 9.69 Å². The van der Waals surface area contributed by atoms with Gasteiger partial charge in [0.1, 0.15) is 5.82 Å². The fourth-order valence-electron chi connectivity index (χ4n) is 3.49. The van der Waals surface area contributed by atoms with E-state index < -0.39 is 0 Å². The molecule has 0 radical (unpaired) electrons. The summed E-state index contributed by atoms with van der Waals surface area (Å²) >= 11 is 2.06. The van der Waals surface area contributed by atoms with Crippen molar-refractivity contribution in [3.8, 4) is 0 Å². The molecule has 0 bridgehead atoms. The van der Waals surface area contributed by atoms with Gasteiger partial charge in [-0.05, 0) is 48.5 Å². The van der Waals surface area contributed by atoms with E-state index in [1.807, 2.05) is 4.90 Å². The summed E-state index contributed by atoms with van der Waals surface area (Å²) in [6.07, 6.45) is 4.00. The molecule has 2 heterocycles. The van der Waals surface area contributed by atoms with Gasteiger partial charge in [-0.1, -0.05) is 12.1 Å². The number of rotatable bonds is 3. The molecule has 5 heteroatoms. The number of nitrogens with zero attached hydrogens (tertiary/aromatic N) is 2. The van der Waals surface area contributed by atoms with E-state index in [2.05, 4.69) is 16.7 Å². The van der Waals surface area contributed by atoms with E-state index in [1.54, 1.807) is 12.1 Å². The van der Waals surface area contributed by atoms with Gasteiger partial charge < -0.3 is 4.90 Å². The molecule has 0 aliphatic carbocycles. The second-order valence-corrected chi connectivity index (χ2v) is 7.64. The molecule has 0 saturated carbocycles. The third-order valence-electron chi connectivity index (χ3n) is 4.86. The van der Waals surface area contributed by atoms with Crippen molar-refractivity contribution in [2.75, 3.05) is 37.7 Å². The molecular weight excluding hydrogens is 311 g/mol. The first-order valence-electron chi connectivity index (χ1n) is 8.56. The number of benzene rings is 1. The summed E-state index contributed by atoms with van der Waals surface area (Å²) in [6.45, 7) is 3.77. The zero-order chi connectivity index (χ0) is 16.1. The van der Waals surface area contributed by atoms with Crippen LogP contribution in [-0.2, 0) is 11.2 Å². The number of hydrogen-bond acceptors (Lipinski definition) is 3. The van der Waals surface area contributed by atoms with Gasteiger partial charge in [0.15, 0.2) is 0 Å². The first-order valence-corrected chi connectivity index (χ1v) is 9.72. The maximum atomic E-state index is 12.9. The molecule has 1 aromatic carbocycles. The lowest BCUT2D eigenvalue weighted by Gasteiger charge is -2.33. The second kappa shape index (κ2) is 8.15. The molecule has 3 nitrogen and oxygen atoms in total. The van der Waals surface area contributed by atoms with Gasteiger partial charge >= 0.3 is 0 Å². The molecule has 0 aromatic heterocycles. The van der Waals surface area contributed by atoms with Gasteiger partial charge in [-0.15, -0.1) is 0 Å². The van der Waals surface area contributed by atoms with Crippen LogP contribution in [0.1, 0.15) is 24.8 Å². The maximum absolute atomic E-state index is 12.9. The van der Waals surface area contributed by atoms with E-state index in [-0.39, 0.29) is 11.7 Å². The number of halogens is 1. The molecular formula is C18H25FN2OS. The van der Waals surface area contributed by atoms with Crippen molar-refractivity contribution in [2.24, 2.45) is 0 Å².